The summed E-state index contributed by atoms with van der Waals surface area (Å²) in [6.45, 7) is 2.02. The van der Waals surface area contributed by atoms with E-state index in [0.29, 0.717) is 5.69 Å². The lowest BCUT2D eigenvalue weighted by atomic mass is 10.1. The van der Waals surface area contributed by atoms with Gasteiger partial charge in [-0.3, -0.25) is 0 Å². The van der Waals surface area contributed by atoms with Crippen LogP contribution in [0.3, 0.4) is 0 Å². The Morgan fingerprint density at radius 3 is 2.75 bits per heavy atom. The SMILES string of the molecule is CC1COc2c(cc(Cl)cc2C(F)(F)F)N1. The zero-order chi connectivity index (χ0) is 11.9. The fraction of sp³-hybridized carbons (Fsp3) is 0.400. The van der Waals surface area contributed by atoms with Crippen molar-refractivity contribution in [2.75, 3.05) is 11.9 Å². The highest BCUT2D eigenvalue weighted by atomic mass is 35.5. The van der Waals surface area contributed by atoms with Crippen molar-refractivity contribution in [1.82, 2.24) is 0 Å². The third-order valence-electron chi connectivity index (χ3n) is 2.24. The van der Waals surface area contributed by atoms with Crippen molar-refractivity contribution in [3.05, 3.63) is 22.7 Å². The second-order valence-corrected chi connectivity index (χ2v) is 4.12. The van der Waals surface area contributed by atoms with Crippen LogP contribution in [0.5, 0.6) is 5.75 Å². The first-order chi connectivity index (χ1) is 7.38. The summed E-state index contributed by atoms with van der Waals surface area (Å²) in [5.74, 6) is -0.171. The van der Waals surface area contributed by atoms with E-state index in [0.717, 1.165) is 6.07 Å². The lowest BCUT2D eigenvalue weighted by Gasteiger charge is -2.27. The molecule has 0 aromatic heterocycles. The Bertz CT molecular complexity index is 419. The predicted molar refractivity (Wildman–Crippen MR) is 55.0 cm³/mol. The maximum atomic E-state index is 12.7. The van der Waals surface area contributed by atoms with Gasteiger partial charge in [-0.1, -0.05) is 11.6 Å². The van der Waals surface area contributed by atoms with Gasteiger partial charge in [0, 0.05) is 5.02 Å². The van der Waals surface area contributed by atoms with Gasteiger partial charge in [0.2, 0.25) is 0 Å². The van der Waals surface area contributed by atoms with Crippen LogP contribution < -0.4 is 10.1 Å². The number of rotatable bonds is 0. The topological polar surface area (TPSA) is 21.3 Å². The van der Waals surface area contributed by atoms with Crippen molar-refractivity contribution >= 4 is 17.3 Å². The van der Waals surface area contributed by atoms with Crippen molar-refractivity contribution in [3.63, 3.8) is 0 Å². The van der Waals surface area contributed by atoms with Crippen molar-refractivity contribution in [2.24, 2.45) is 0 Å². The molecule has 0 aliphatic carbocycles. The average Bonchev–Trinajstić information content (AvgIpc) is 2.14. The molecule has 1 atom stereocenters. The van der Waals surface area contributed by atoms with Gasteiger partial charge in [-0.15, -0.1) is 0 Å². The van der Waals surface area contributed by atoms with Gasteiger partial charge in [-0.25, -0.2) is 0 Å². The van der Waals surface area contributed by atoms with Crippen LogP contribution in [0.2, 0.25) is 5.02 Å². The number of hydrogen-bond acceptors (Lipinski definition) is 2. The fourth-order valence-corrected chi connectivity index (χ4v) is 1.80. The Labute approximate surface area is 95.3 Å². The van der Waals surface area contributed by atoms with Crippen molar-refractivity contribution in [3.8, 4) is 5.75 Å². The molecule has 1 aliphatic rings. The molecule has 2 nitrogen and oxygen atoms in total. The van der Waals surface area contributed by atoms with Crippen molar-refractivity contribution in [2.45, 2.75) is 19.1 Å². The van der Waals surface area contributed by atoms with E-state index in [-0.39, 0.29) is 23.4 Å². The Balaban J connectivity index is 2.54. The molecule has 0 spiro atoms. The number of halogens is 4. The van der Waals surface area contributed by atoms with Gasteiger partial charge in [-0.05, 0) is 19.1 Å². The van der Waals surface area contributed by atoms with Gasteiger partial charge in [0.05, 0.1) is 11.7 Å². The number of nitrogens with one attached hydrogen (secondary N) is 1. The van der Waals surface area contributed by atoms with Gasteiger partial charge in [0.15, 0.2) is 5.75 Å². The molecule has 1 unspecified atom stereocenters. The molecule has 6 heteroatoms. The normalized spacial score (nSPS) is 19.7. The molecule has 0 saturated carbocycles. The average molecular weight is 252 g/mol. The summed E-state index contributed by atoms with van der Waals surface area (Å²) in [4.78, 5) is 0. The zero-order valence-electron chi connectivity index (χ0n) is 8.36. The highest BCUT2D eigenvalue weighted by molar-refractivity contribution is 6.31. The minimum Gasteiger partial charge on any atom is -0.489 e. The second-order valence-electron chi connectivity index (χ2n) is 3.68. The van der Waals surface area contributed by atoms with Crippen molar-refractivity contribution in [1.29, 1.82) is 0 Å². The first-order valence-electron chi connectivity index (χ1n) is 4.68. The van der Waals surface area contributed by atoms with Gasteiger partial charge in [0.25, 0.3) is 0 Å². The zero-order valence-corrected chi connectivity index (χ0v) is 9.12. The number of alkyl halides is 3. The van der Waals surface area contributed by atoms with Gasteiger partial charge < -0.3 is 10.1 Å². The van der Waals surface area contributed by atoms with Crippen LogP contribution in [-0.4, -0.2) is 12.6 Å². The molecule has 1 N–H and O–H groups in total. The molecule has 0 radical (unpaired) electrons. The number of fused-ring (bicyclic) bond motifs is 1. The first-order valence-corrected chi connectivity index (χ1v) is 5.06. The van der Waals surface area contributed by atoms with Gasteiger partial charge in [-0.2, -0.15) is 13.2 Å². The molecular weight excluding hydrogens is 243 g/mol. The van der Waals surface area contributed by atoms with Crippen molar-refractivity contribution < 1.29 is 17.9 Å². The summed E-state index contributed by atoms with van der Waals surface area (Å²) < 4.78 is 43.2. The molecular formula is C10H9ClF3NO. The Kier molecular flexibility index (Phi) is 2.66. The largest absolute Gasteiger partial charge is 0.489 e. The van der Waals surface area contributed by atoms with E-state index in [1.807, 2.05) is 6.92 Å². The molecule has 2 rings (SSSR count). The third kappa shape index (κ3) is 2.04. The standard InChI is InChI=1S/C10H9ClF3NO/c1-5-4-16-9-7(10(12,13)14)2-6(11)3-8(9)15-5/h2-3,5,15H,4H2,1H3. The van der Waals surface area contributed by atoms with Crippen LogP contribution in [-0.2, 0) is 6.18 Å². The van der Waals surface area contributed by atoms with E-state index in [9.17, 15) is 13.2 Å². The summed E-state index contributed by atoms with van der Waals surface area (Å²) in [6, 6.07) is 2.27. The molecule has 1 aromatic carbocycles. The molecule has 1 aliphatic heterocycles. The van der Waals surface area contributed by atoms with E-state index < -0.39 is 11.7 Å². The van der Waals surface area contributed by atoms with Crippen LogP contribution in [0.15, 0.2) is 12.1 Å². The summed E-state index contributed by atoms with van der Waals surface area (Å²) in [5, 5.41) is 2.94. The summed E-state index contributed by atoms with van der Waals surface area (Å²) in [5.41, 5.74) is -0.548. The Morgan fingerprint density at radius 1 is 1.44 bits per heavy atom. The number of anilines is 1. The Morgan fingerprint density at radius 2 is 2.12 bits per heavy atom. The van der Waals surface area contributed by atoms with Crippen LogP contribution in [0.1, 0.15) is 12.5 Å². The number of hydrogen-bond donors (Lipinski definition) is 1. The third-order valence-corrected chi connectivity index (χ3v) is 2.46. The molecule has 88 valence electrons. The van der Waals surface area contributed by atoms with Gasteiger partial charge in [0.1, 0.15) is 12.2 Å². The maximum absolute atomic E-state index is 12.7. The minimum absolute atomic E-state index is 0.0351. The summed E-state index contributed by atoms with van der Waals surface area (Å²) in [7, 11) is 0. The van der Waals surface area contributed by atoms with Crippen LogP contribution >= 0.6 is 11.6 Å². The van der Waals surface area contributed by atoms with Gasteiger partial charge >= 0.3 is 6.18 Å². The van der Waals surface area contributed by atoms with E-state index in [1.54, 1.807) is 0 Å². The maximum Gasteiger partial charge on any atom is 0.420 e. The number of ether oxygens (including phenoxy) is 1. The molecule has 0 bridgehead atoms. The summed E-state index contributed by atoms with van der Waals surface area (Å²) >= 11 is 5.64. The predicted octanol–water partition coefficient (Wildman–Crippen LogP) is 3.55. The van der Waals surface area contributed by atoms with E-state index in [4.69, 9.17) is 16.3 Å². The summed E-state index contributed by atoms with van der Waals surface area (Å²) in [6.07, 6.45) is -4.46. The number of benzene rings is 1. The lowest BCUT2D eigenvalue weighted by Crippen LogP contribution is -2.29. The van der Waals surface area contributed by atoms with Crippen LogP contribution in [0.4, 0.5) is 18.9 Å². The van der Waals surface area contributed by atoms with Crippen LogP contribution in [0.25, 0.3) is 0 Å². The fourth-order valence-electron chi connectivity index (χ4n) is 1.58. The molecule has 1 heterocycles. The highest BCUT2D eigenvalue weighted by Gasteiger charge is 2.37. The molecule has 1 aromatic rings. The van der Waals surface area contributed by atoms with E-state index in [2.05, 4.69) is 5.32 Å². The van der Waals surface area contributed by atoms with E-state index in [1.165, 1.54) is 6.07 Å². The Hall–Kier alpha value is -1.10. The minimum atomic E-state index is -4.46. The quantitative estimate of drug-likeness (QED) is 0.761. The lowest BCUT2D eigenvalue weighted by molar-refractivity contribution is -0.139. The van der Waals surface area contributed by atoms with E-state index >= 15 is 0 Å². The highest BCUT2D eigenvalue weighted by Crippen LogP contribution is 2.43. The monoisotopic (exact) mass is 251 g/mol. The molecule has 16 heavy (non-hydrogen) atoms. The second kappa shape index (κ2) is 3.73. The smallest absolute Gasteiger partial charge is 0.420 e. The molecule has 0 saturated heterocycles. The molecule has 0 amide bonds. The van der Waals surface area contributed by atoms with Crippen LogP contribution in [0, 0.1) is 0 Å². The first kappa shape index (κ1) is 11.4. The molecule has 0 fully saturated rings.